The predicted octanol–water partition coefficient (Wildman–Crippen LogP) is 5.13. The number of aryl methyl sites for hydroxylation is 1. The van der Waals surface area contributed by atoms with E-state index in [4.69, 9.17) is 16.3 Å². The molecule has 2 heterocycles. The van der Waals surface area contributed by atoms with E-state index in [1.807, 2.05) is 19.9 Å². The molecule has 0 aliphatic carbocycles. The third-order valence-corrected chi connectivity index (χ3v) is 10.1. The number of benzene rings is 2. The van der Waals surface area contributed by atoms with Gasteiger partial charge in [0, 0.05) is 38.8 Å². The third kappa shape index (κ3) is 8.84. The maximum absolute atomic E-state index is 13.0. The Kier molecular flexibility index (Phi) is 11.6. The molecular formula is C32H44ClN7O4S. The first-order chi connectivity index (χ1) is 21.4. The average molecular weight is 658 g/mol. The van der Waals surface area contributed by atoms with Crippen molar-refractivity contribution < 1.29 is 17.9 Å². The van der Waals surface area contributed by atoms with Gasteiger partial charge in [-0.25, -0.2) is 13.4 Å². The Labute approximate surface area is 271 Å². The molecule has 0 bridgehead atoms. The molecule has 1 saturated heterocycles. The van der Waals surface area contributed by atoms with E-state index in [1.165, 1.54) is 6.20 Å². The van der Waals surface area contributed by atoms with Crippen LogP contribution in [0.3, 0.4) is 0 Å². The number of carbonyl (C=O) groups excluding carboxylic acids is 1. The van der Waals surface area contributed by atoms with E-state index < -0.39 is 15.1 Å². The van der Waals surface area contributed by atoms with Crippen LogP contribution in [-0.2, 0) is 16.3 Å². The number of rotatable bonds is 13. The van der Waals surface area contributed by atoms with Gasteiger partial charge in [0.1, 0.15) is 10.8 Å². The Morgan fingerprint density at radius 3 is 2.42 bits per heavy atom. The first-order valence-corrected chi connectivity index (χ1v) is 17.2. The standard InChI is InChI=1S/C32H44ClN7O4S/c1-21(2)44-28-18-23(10-9-13-40-16-14-39(6)15-17-40)24(31(41)34-5)19-27(28)37-32-35-20-25(33)30(38-32)36-26-11-7-8-12-29(26)45(42,43)22(3)4/h7-8,11-12,18-22H,9-10,13-17H2,1-6H3,(H,34,41)(H2,35,36,37,38). The smallest absolute Gasteiger partial charge is 0.251 e. The number of sulfone groups is 1. The van der Waals surface area contributed by atoms with Crippen molar-refractivity contribution in [2.24, 2.45) is 0 Å². The van der Waals surface area contributed by atoms with Crippen molar-refractivity contribution >= 4 is 50.5 Å². The number of aromatic nitrogens is 2. The molecule has 13 heteroatoms. The van der Waals surface area contributed by atoms with Gasteiger partial charge in [0.2, 0.25) is 5.95 Å². The summed E-state index contributed by atoms with van der Waals surface area (Å²) in [6, 6.07) is 10.3. The SMILES string of the molecule is CNC(=O)c1cc(Nc2ncc(Cl)c(Nc3ccccc3S(=O)(=O)C(C)C)n2)c(OC(C)C)cc1CCCN1CCN(C)CC1. The minimum absolute atomic E-state index is 0.127. The van der Waals surface area contributed by atoms with Gasteiger partial charge in [0.15, 0.2) is 15.7 Å². The lowest BCUT2D eigenvalue weighted by molar-refractivity contribution is 0.0962. The molecule has 1 fully saturated rings. The minimum atomic E-state index is -3.58. The van der Waals surface area contributed by atoms with E-state index in [1.54, 1.807) is 51.2 Å². The van der Waals surface area contributed by atoms with Crippen molar-refractivity contribution in [2.45, 2.75) is 56.8 Å². The fourth-order valence-corrected chi connectivity index (χ4v) is 6.36. The first kappa shape index (κ1) is 34.4. The lowest BCUT2D eigenvalue weighted by Gasteiger charge is -2.32. The lowest BCUT2D eigenvalue weighted by atomic mass is 10.00. The molecule has 0 saturated carbocycles. The van der Waals surface area contributed by atoms with Gasteiger partial charge in [-0.15, -0.1) is 0 Å². The topological polar surface area (TPSA) is 129 Å². The molecule has 0 spiro atoms. The number of likely N-dealkylation sites (N-methyl/N-ethyl adjacent to an activating group) is 1. The Bertz CT molecular complexity index is 1590. The molecule has 0 radical (unpaired) electrons. The summed E-state index contributed by atoms with van der Waals surface area (Å²) in [5.74, 6) is 0.768. The van der Waals surface area contributed by atoms with E-state index in [0.717, 1.165) is 44.7 Å². The van der Waals surface area contributed by atoms with Crippen molar-refractivity contribution in [1.82, 2.24) is 25.1 Å². The zero-order valence-corrected chi connectivity index (χ0v) is 28.4. The highest BCUT2D eigenvalue weighted by Gasteiger charge is 2.24. The summed E-state index contributed by atoms with van der Waals surface area (Å²) >= 11 is 6.45. The third-order valence-electron chi connectivity index (χ3n) is 7.61. The highest BCUT2D eigenvalue weighted by atomic mass is 35.5. The van der Waals surface area contributed by atoms with Gasteiger partial charge in [-0.1, -0.05) is 23.7 Å². The van der Waals surface area contributed by atoms with Crippen molar-refractivity contribution in [3.63, 3.8) is 0 Å². The highest BCUT2D eigenvalue weighted by Crippen LogP contribution is 2.34. The van der Waals surface area contributed by atoms with Gasteiger partial charge in [0.05, 0.1) is 33.8 Å². The van der Waals surface area contributed by atoms with Crippen molar-refractivity contribution in [3.05, 3.63) is 58.7 Å². The summed E-state index contributed by atoms with van der Waals surface area (Å²) in [4.78, 5) is 26.9. The van der Waals surface area contributed by atoms with E-state index >= 15 is 0 Å². The zero-order valence-electron chi connectivity index (χ0n) is 26.9. The Morgan fingerprint density at radius 2 is 1.76 bits per heavy atom. The number of halogens is 1. The minimum Gasteiger partial charge on any atom is -0.489 e. The number of nitrogens with zero attached hydrogens (tertiary/aromatic N) is 4. The Balaban J connectivity index is 1.63. The van der Waals surface area contributed by atoms with Gasteiger partial charge in [-0.05, 0) is 84.0 Å². The van der Waals surface area contributed by atoms with Crippen LogP contribution < -0.4 is 20.7 Å². The molecule has 11 nitrogen and oxygen atoms in total. The van der Waals surface area contributed by atoms with Crippen LogP contribution in [0.4, 0.5) is 23.1 Å². The molecule has 1 aliphatic rings. The average Bonchev–Trinajstić information content (AvgIpc) is 3.00. The summed E-state index contributed by atoms with van der Waals surface area (Å²) < 4.78 is 32.2. The molecule has 3 N–H and O–H groups in total. The number of nitrogens with one attached hydrogen (secondary N) is 3. The number of para-hydroxylation sites is 1. The number of hydrogen-bond acceptors (Lipinski definition) is 10. The van der Waals surface area contributed by atoms with E-state index in [0.29, 0.717) is 29.1 Å². The van der Waals surface area contributed by atoms with Crippen LogP contribution in [0.1, 0.15) is 50.0 Å². The number of hydrogen-bond donors (Lipinski definition) is 3. The van der Waals surface area contributed by atoms with Crippen LogP contribution in [0.15, 0.2) is 47.5 Å². The Morgan fingerprint density at radius 1 is 1.04 bits per heavy atom. The van der Waals surface area contributed by atoms with Gasteiger partial charge in [-0.2, -0.15) is 4.98 Å². The summed E-state index contributed by atoms with van der Waals surface area (Å²) in [6.07, 6.45) is 2.92. The predicted molar refractivity (Wildman–Crippen MR) is 180 cm³/mol. The first-order valence-electron chi connectivity index (χ1n) is 15.2. The number of anilines is 4. The van der Waals surface area contributed by atoms with Gasteiger partial charge < -0.3 is 30.5 Å². The monoisotopic (exact) mass is 657 g/mol. The number of amides is 1. The fraction of sp³-hybridized carbons (Fsp3) is 0.469. The Hall–Kier alpha value is -3.45. The molecule has 3 aromatic rings. The normalized spacial score (nSPS) is 14.5. The number of carbonyl (C=O) groups is 1. The van der Waals surface area contributed by atoms with Crippen molar-refractivity contribution in [1.29, 1.82) is 0 Å². The van der Waals surface area contributed by atoms with Crippen molar-refractivity contribution in [3.8, 4) is 5.75 Å². The maximum atomic E-state index is 13.0. The van der Waals surface area contributed by atoms with Crippen LogP contribution in [0.5, 0.6) is 5.75 Å². The lowest BCUT2D eigenvalue weighted by Crippen LogP contribution is -2.44. The van der Waals surface area contributed by atoms with Crippen LogP contribution in [0.25, 0.3) is 0 Å². The maximum Gasteiger partial charge on any atom is 0.251 e. The van der Waals surface area contributed by atoms with E-state index in [2.05, 4.69) is 42.8 Å². The highest BCUT2D eigenvalue weighted by molar-refractivity contribution is 7.92. The number of ether oxygens (including phenoxy) is 1. The van der Waals surface area contributed by atoms with E-state index in [-0.39, 0.29) is 33.7 Å². The second-order valence-corrected chi connectivity index (χ2v) is 14.6. The molecule has 244 valence electrons. The molecule has 0 unspecified atom stereocenters. The fourth-order valence-electron chi connectivity index (χ4n) is 5.02. The van der Waals surface area contributed by atoms with Crippen LogP contribution in [-0.4, -0.2) is 92.3 Å². The van der Waals surface area contributed by atoms with Crippen molar-refractivity contribution in [2.75, 3.05) is 57.5 Å². The van der Waals surface area contributed by atoms with Gasteiger partial charge in [0.25, 0.3) is 5.91 Å². The molecule has 45 heavy (non-hydrogen) atoms. The van der Waals surface area contributed by atoms with Gasteiger partial charge in [-0.3, -0.25) is 4.79 Å². The summed E-state index contributed by atoms with van der Waals surface area (Å²) in [5, 5.41) is 8.62. The summed E-state index contributed by atoms with van der Waals surface area (Å²) in [5.41, 5.74) is 2.30. The second-order valence-electron chi connectivity index (χ2n) is 11.7. The van der Waals surface area contributed by atoms with Crippen LogP contribution >= 0.6 is 11.6 Å². The van der Waals surface area contributed by atoms with Crippen LogP contribution in [0, 0.1) is 0 Å². The van der Waals surface area contributed by atoms with E-state index in [9.17, 15) is 13.2 Å². The largest absolute Gasteiger partial charge is 0.489 e. The second kappa shape index (κ2) is 15.2. The molecular weight excluding hydrogens is 614 g/mol. The number of piperazine rings is 1. The molecule has 2 aromatic carbocycles. The summed E-state index contributed by atoms with van der Waals surface area (Å²) in [7, 11) is 0.179. The quantitative estimate of drug-likeness (QED) is 0.228. The van der Waals surface area contributed by atoms with Crippen LogP contribution in [0.2, 0.25) is 5.02 Å². The summed E-state index contributed by atoms with van der Waals surface area (Å²) in [6.45, 7) is 12.3. The molecule has 1 aromatic heterocycles. The molecule has 1 aliphatic heterocycles. The molecule has 0 atom stereocenters. The molecule has 1 amide bonds. The van der Waals surface area contributed by atoms with Gasteiger partial charge >= 0.3 is 0 Å². The molecule has 4 rings (SSSR count). The zero-order chi connectivity index (χ0) is 32.7.